The fourth-order valence-corrected chi connectivity index (χ4v) is 3.96. The summed E-state index contributed by atoms with van der Waals surface area (Å²) >= 11 is 10.8. The second-order valence-corrected chi connectivity index (χ2v) is 7.92. The van der Waals surface area contributed by atoms with Gasteiger partial charge < -0.3 is 25.3 Å². The van der Waals surface area contributed by atoms with Crippen LogP contribution >= 0.6 is 8.19 Å². The molecule has 4 heteroatoms. The first-order chi connectivity index (χ1) is 13.8. The zero-order valence-corrected chi connectivity index (χ0v) is 20.4. The molecule has 0 bridgehead atoms. The van der Waals surface area contributed by atoms with Gasteiger partial charge in [0.05, 0.1) is 13.5 Å². The standard InChI is InChI=1S/C14H12S2.C11H8P.Pt/c15-13(11-7-3-1-4-8-11)14(16)12-9-5-2-6-10-12;1-2-6-10(7-3-1)11-8-4-5-9-12-11;/h1-10,15-16H;1-6,8-9H;/q;-1;/p-1/b14-13-;;. The van der Waals surface area contributed by atoms with E-state index < -0.39 is 0 Å². The average molecular weight is 610 g/mol. The van der Waals surface area contributed by atoms with Gasteiger partial charge in [-0.1, -0.05) is 72.8 Å². The van der Waals surface area contributed by atoms with E-state index in [9.17, 15) is 0 Å². The molecule has 0 amide bonds. The summed E-state index contributed by atoms with van der Waals surface area (Å²) in [5, 5.41) is 1.37. The van der Waals surface area contributed by atoms with Gasteiger partial charge in [-0.15, -0.1) is 35.9 Å². The van der Waals surface area contributed by atoms with Crippen molar-refractivity contribution in [1.29, 1.82) is 0 Å². The normalized spacial score (nSPS) is 10.9. The average Bonchev–Trinajstić information content (AvgIpc) is 2.81. The van der Waals surface area contributed by atoms with E-state index >= 15 is 0 Å². The SMILES string of the molecule is [Pt].[S-]/C(=C(\[S-])c1ccccc1)c1ccccc1.[c-]1ccccc1-c1cccc[pH+]1. The molecule has 1 aromatic heterocycles. The Bertz CT molecular complexity index is 921. The zero-order valence-electron chi connectivity index (χ0n) is 15.5. The summed E-state index contributed by atoms with van der Waals surface area (Å²) in [6.07, 6.45) is 0. The Hall–Kier alpha value is -1.82. The van der Waals surface area contributed by atoms with E-state index in [-0.39, 0.29) is 21.1 Å². The molecule has 29 heavy (non-hydrogen) atoms. The van der Waals surface area contributed by atoms with E-state index in [0.29, 0.717) is 0 Å². The van der Waals surface area contributed by atoms with Crippen molar-refractivity contribution in [1.82, 2.24) is 0 Å². The first kappa shape index (κ1) is 23.5. The fourth-order valence-electron chi connectivity index (χ4n) is 2.56. The van der Waals surface area contributed by atoms with E-state index in [1.54, 1.807) is 0 Å². The molecule has 0 N–H and O–H groups in total. The second-order valence-electron chi connectivity index (χ2n) is 5.94. The number of hydrogen-bond acceptors (Lipinski definition) is 2. The number of benzene rings is 3. The predicted octanol–water partition coefficient (Wildman–Crippen LogP) is 7.07. The smallest absolute Gasteiger partial charge is 0.102 e. The summed E-state index contributed by atoms with van der Waals surface area (Å²) in [7, 11) is 0.788. The maximum Gasteiger partial charge on any atom is 0.102 e. The van der Waals surface area contributed by atoms with Crippen molar-refractivity contribution < 1.29 is 21.1 Å². The van der Waals surface area contributed by atoms with Gasteiger partial charge in [0.15, 0.2) is 0 Å². The van der Waals surface area contributed by atoms with Crippen LogP contribution in [0.1, 0.15) is 11.1 Å². The van der Waals surface area contributed by atoms with Crippen molar-refractivity contribution in [3.63, 3.8) is 0 Å². The molecule has 0 saturated heterocycles. The molecule has 4 aromatic rings. The Kier molecular flexibility index (Phi) is 10.3. The first-order valence-corrected chi connectivity index (χ1v) is 10.8. The molecule has 1 unspecified atom stereocenters. The Labute approximate surface area is 200 Å². The minimum atomic E-state index is 0. The van der Waals surface area contributed by atoms with Crippen LogP contribution in [0.3, 0.4) is 0 Å². The monoisotopic (exact) mass is 609 g/mol. The van der Waals surface area contributed by atoms with E-state index in [1.165, 1.54) is 10.9 Å². The molecule has 3 aromatic carbocycles. The third-order valence-corrected chi connectivity index (χ3v) is 6.10. The summed E-state index contributed by atoms with van der Waals surface area (Å²) in [4.78, 5) is 1.48. The Morgan fingerprint density at radius 3 is 1.59 bits per heavy atom. The maximum atomic E-state index is 5.38. The molecule has 4 rings (SSSR count). The molecule has 1 atom stereocenters. The summed E-state index contributed by atoms with van der Waals surface area (Å²) in [6, 6.07) is 37.4. The van der Waals surface area contributed by atoms with Crippen LogP contribution in [0.15, 0.2) is 109 Å². The fraction of sp³-hybridized carbons (Fsp3) is 0. The van der Waals surface area contributed by atoms with Crippen LogP contribution in [0.5, 0.6) is 0 Å². The van der Waals surface area contributed by atoms with Gasteiger partial charge in [-0.3, -0.25) is 0 Å². The number of hydrogen-bond donors (Lipinski definition) is 0. The van der Waals surface area contributed by atoms with Gasteiger partial charge in [-0.05, 0) is 17.2 Å². The van der Waals surface area contributed by atoms with Gasteiger partial charge >= 0.3 is 0 Å². The third kappa shape index (κ3) is 7.18. The van der Waals surface area contributed by atoms with E-state index in [0.717, 1.165) is 29.1 Å². The molecular weight excluding hydrogens is 590 g/mol. The summed E-state index contributed by atoms with van der Waals surface area (Å²) in [5.41, 5.74) is 3.23. The number of rotatable bonds is 3. The van der Waals surface area contributed by atoms with Gasteiger partial charge in [0, 0.05) is 21.1 Å². The molecular formula is C25H19PPtS2-2. The van der Waals surface area contributed by atoms with Crippen LogP contribution < -0.4 is 0 Å². The van der Waals surface area contributed by atoms with Crippen molar-refractivity contribution in [2.24, 2.45) is 0 Å². The third-order valence-electron chi connectivity index (χ3n) is 3.99. The molecule has 0 aliphatic carbocycles. The molecule has 0 radical (unpaired) electrons. The molecule has 0 spiro atoms. The van der Waals surface area contributed by atoms with Crippen LogP contribution in [-0.4, -0.2) is 0 Å². The van der Waals surface area contributed by atoms with Crippen LogP contribution in [0, 0.1) is 6.07 Å². The quantitative estimate of drug-likeness (QED) is 0.139. The maximum absolute atomic E-state index is 5.38. The van der Waals surface area contributed by atoms with Gasteiger partial charge in [0.25, 0.3) is 0 Å². The molecule has 0 aliphatic heterocycles. The second kappa shape index (κ2) is 12.7. The molecule has 148 valence electrons. The summed E-state index contributed by atoms with van der Waals surface area (Å²) in [6.45, 7) is 0. The van der Waals surface area contributed by atoms with Crippen LogP contribution in [0.4, 0.5) is 0 Å². The Morgan fingerprint density at radius 1 is 0.621 bits per heavy atom. The Balaban J connectivity index is 0.000000207. The molecule has 0 fully saturated rings. The largest absolute Gasteiger partial charge is 0.781 e. The van der Waals surface area contributed by atoms with Crippen LogP contribution in [-0.2, 0) is 46.3 Å². The minimum Gasteiger partial charge on any atom is -0.781 e. The summed E-state index contributed by atoms with van der Waals surface area (Å²) in [5.74, 6) is 2.19. The van der Waals surface area contributed by atoms with Gasteiger partial charge in [0.2, 0.25) is 0 Å². The van der Waals surface area contributed by atoms with E-state index in [2.05, 4.69) is 42.2 Å². The van der Waals surface area contributed by atoms with Gasteiger partial charge in [-0.2, -0.15) is 9.81 Å². The van der Waals surface area contributed by atoms with Crippen molar-refractivity contribution >= 4 is 43.3 Å². The van der Waals surface area contributed by atoms with Gasteiger partial charge in [0.1, 0.15) is 5.80 Å². The topological polar surface area (TPSA) is 0 Å². The molecule has 0 saturated carbocycles. The molecule has 0 aliphatic rings. The van der Waals surface area contributed by atoms with E-state index in [4.69, 9.17) is 25.3 Å². The predicted molar refractivity (Wildman–Crippen MR) is 129 cm³/mol. The molecule has 1 heterocycles. The van der Waals surface area contributed by atoms with Crippen molar-refractivity contribution in [2.75, 3.05) is 0 Å². The minimum absolute atomic E-state index is 0. The van der Waals surface area contributed by atoms with Gasteiger partial charge in [-0.25, -0.2) is 0 Å². The van der Waals surface area contributed by atoms with Crippen LogP contribution in [0.25, 0.3) is 20.7 Å². The van der Waals surface area contributed by atoms with Crippen molar-refractivity contribution in [3.05, 3.63) is 126 Å². The van der Waals surface area contributed by atoms with Crippen LogP contribution in [0.2, 0.25) is 0 Å². The van der Waals surface area contributed by atoms with E-state index in [1.807, 2.05) is 72.8 Å². The Morgan fingerprint density at radius 2 is 1.14 bits per heavy atom. The van der Waals surface area contributed by atoms with Crippen molar-refractivity contribution in [3.8, 4) is 10.9 Å². The first-order valence-electron chi connectivity index (χ1n) is 8.88. The zero-order chi connectivity index (χ0) is 19.6. The van der Waals surface area contributed by atoms with Crippen molar-refractivity contribution in [2.45, 2.75) is 0 Å². The summed E-state index contributed by atoms with van der Waals surface area (Å²) < 4.78 is 0. The molecule has 0 nitrogen and oxygen atoms in total.